The van der Waals surface area contributed by atoms with Gasteiger partial charge in [-0.1, -0.05) is 30.3 Å². The van der Waals surface area contributed by atoms with E-state index in [1.807, 2.05) is 24.3 Å². The summed E-state index contributed by atoms with van der Waals surface area (Å²) in [6.07, 6.45) is 2.00. The molecule has 3 aromatic rings. The fraction of sp³-hybridized carbons (Fsp3) is 0.176. The minimum absolute atomic E-state index is 0.199. The molecule has 1 heterocycles. The summed E-state index contributed by atoms with van der Waals surface area (Å²) in [5.41, 5.74) is -0.199. The van der Waals surface area contributed by atoms with Crippen LogP contribution in [0.4, 0.5) is 0 Å². The molecule has 24 heavy (non-hydrogen) atoms. The van der Waals surface area contributed by atoms with Crippen LogP contribution in [0, 0.1) is 0 Å². The summed E-state index contributed by atoms with van der Waals surface area (Å²) in [6, 6.07) is 15.6. The molecule has 0 radical (unpaired) electrons. The van der Waals surface area contributed by atoms with Crippen molar-refractivity contribution in [2.45, 2.75) is 17.9 Å². The quantitative estimate of drug-likeness (QED) is 0.692. The van der Waals surface area contributed by atoms with Crippen LogP contribution in [0.5, 0.6) is 0 Å². The van der Waals surface area contributed by atoms with Crippen LogP contribution in [-0.4, -0.2) is 24.7 Å². The predicted molar refractivity (Wildman–Crippen MR) is 92.3 cm³/mol. The first-order valence-electron chi connectivity index (χ1n) is 7.57. The molecule has 2 aromatic carbocycles. The van der Waals surface area contributed by atoms with Crippen LogP contribution < -0.4 is 10.3 Å². The van der Waals surface area contributed by atoms with E-state index >= 15 is 0 Å². The molecule has 7 heteroatoms. The van der Waals surface area contributed by atoms with Crippen LogP contribution in [0.25, 0.3) is 10.8 Å². The smallest absolute Gasteiger partial charge is 0.266 e. The van der Waals surface area contributed by atoms with Crippen molar-refractivity contribution in [3.8, 4) is 0 Å². The molecule has 0 aliphatic carbocycles. The van der Waals surface area contributed by atoms with Gasteiger partial charge in [-0.05, 0) is 35.4 Å². The third-order valence-corrected chi connectivity index (χ3v) is 5.11. The first-order valence-corrected chi connectivity index (χ1v) is 9.05. The van der Waals surface area contributed by atoms with Gasteiger partial charge in [0.25, 0.3) is 5.56 Å². The maximum absolute atomic E-state index is 12.4. The van der Waals surface area contributed by atoms with Crippen molar-refractivity contribution in [1.82, 2.24) is 14.5 Å². The molecular weight excluding hydrogens is 326 g/mol. The predicted octanol–water partition coefficient (Wildman–Crippen LogP) is 1.77. The third kappa shape index (κ3) is 3.69. The molecule has 1 N–H and O–H groups in total. The monoisotopic (exact) mass is 343 g/mol. The van der Waals surface area contributed by atoms with Gasteiger partial charge in [0.2, 0.25) is 10.0 Å². The second kappa shape index (κ2) is 6.94. The van der Waals surface area contributed by atoms with Gasteiger partial charge in [0.15, 0.2) is 0 Å². The molecule has 6 nitrogen and oxygen atoms in total. The lowest BCUT2D eigenvalue weighted by molar-refractivity contribution is 0.535. The zero-order valence-electron chi connectivity index (χ0n) is 12.9. The number of fused-ring (bicyclic) bond motifs is 1. The highest BCUT2D eigenvalue weighted by atomic mass is 32.2. The summed E-state index contributed by atoms with van der Waals surface area (Å²) in [6.45, 7) is 0.595. The number of hydrogen-bond acceptors (Lipinski definition) is 4. The molecule has 0 spiro atoms. The fourth-order valence-electron chi connectivity index (χ4n) is 2.41. The molecule has 0 bridgehead atoms. The highest BCUT2D eigenvalue weighted by Crippen LogP contribution is 2.18. The number of sulfonamides is 1. The van der Waals surface area contributed by atoms with Crippen molar-refractivity contribution in [3.05, 3.63) is 71.1 Å². The molecule has 0 unspecified atom stereocenters. The molecule has 0 amide bonds. The molecule has 1 aromatic heterocycles. The lowest BCUT2D eigenvalue weighted by Gasteiger charge is -2.08. The lowest BCUT2D eigenvalue weighted by atomic mass is 10.1. The lowest BCUT2D eigenvalue weighted by Crippen LogP contribution is -2.27. The van der Waals surface area contributed by atoms with Crippen molar-refractivity contribution < 1.29 is 8.42 Å². The Balaban J connectivity index is 1.65. The highest BCUT2D eigenvalue weighted by Gasteiger charge is 2.13. The van der Waals surface area contributed by atoms with Gasteiger partial charge in [-0.2, -0.15) is 5.10 Å². The van der Waals surface area contributed by atoms with Crippen molar-refractivity contribution >= 4 is 20.8 Å². The van der Waals surface area contributed by atoms with Crippen LogP contribution in [0.1, 0.15) is 6.42 Å². The fourth-order valence-corrected chi connectivity index (χ4v) is 3.52. The Morgan fingerprint density at radius 1 is 1.00 bits per heavy atom. The minimum atomic E-state index is -3.57. The summed E-state index contributed by atoms with van der Waals surface area (Å²) >= 11 is 0. The van der Waals surface area contributed by atoms with Crippen LogP contribution >= 0.6 is 0 Å². The van der Waals surface area contributed by atoms with Gasteiger partial charge in [0, 0.05) is 25.4 Å². The van der Waals surface area contributed by atoms with E-state index in [2.05, 4.69) is 9.82 Å². The van der Waals surface area contributed by atoms with Gasteiger partial charge >= 0.3 is 0 Å². The van der Waals surface area contributed by atoms with Crippen LogP contribution in [-0.2, 0) is 16.6 Å². The van der Waals surface area contributed by atoms with E-state index in [9.17, 15) is 13.2 Å². The number of rotatable bonds is 6. The largest absolute Gasteiger partial charge is 0.268 e. The van der Waals surface area contributed by atoms with Crippen LogP contribution in [0.15, 0.2) is 70.5 Å². The number of aryl methyl sites for hydroxylation is 1. The standard InChI is InChI=1S/C17H17N3O3S/c21-17-7-3-10-18-20(17)12-4-11-19-24(22,23)16-9-8-14-5-1-2-6-15(14)13-16/h1-3,5-10,13,19H,4,11-12H2. The molecule has 0 aliphatic heterocycles. The minimum Gasteiger partial charge on any atom is -0.268 e. The van der Waals surface area contributed by atoms with Crippen molar-refractivity contribution in [3.63, 3.8) is 0 Å². The van der Waals surface area contributed by atoms with Crippen LogP contribution in [0.2, 0.25) is 0 Å². The van der Waals surface area contributed by atoms with Crippen LogP contribution in [0.3, 0.4) is 0 Å². The summed E-state index contributed by atoms with van der Waals surface area (Å²) in [5, 5.41) is 5.80. The first-order chi connectivity index (χ1) is 11.6. The number of aromatic nitrogens is 2. The average molecular weight is 343 g/mol. The van der Waals surface area contributed by atoms with Crippen molar-refractivity contribution in [2.75, 3.05) is 6.54 Å². The van der Waals surface area contributed by atoms with Gasteiger partial charge < -0.3 is 0 Å². The van der Waals surface area contributed by atoms with E-state index < -0.39 is 10.0 Å². The molecular formula is C17H17N3O3S. The first kappa shape index (κ1) is 16.4. The van der Waals surface area contributed by atoms with Gasteiger partial charge in [0.1, 0.15) is 0 Å². The van der Waals surface area contributed by atoms with Gasteiger partial charge in [0.05, 0.1) is 4.90 Å². The molecule has 0 aliphatic rings. The zero-order valence-corrected chi connectivity index (χ0v) is 13.7. The van der Waals surface area contributed by atoms with E-state index in [-0.39, 0.29) is 17.0 Å². The Labute approximate surface area is 139 Å². The summed E-state index contributed by atoms with van der Waals surface area (Å²) in [4.78, 5) is 11.8. The number of hydrogen-bond donors (Lipinski definition) is 1. The van der Waals surface area contributed by atoms with Crippen molar-refractivity contribution in [2.24, 2.45) is 0 Å². The van der Waals surface area contributed by atoms with E-state index in [1.165, 1.54) is 16.9 Å². The Morgan fingerprint density at radius 2 is 1.79 bits per heavy atom. The summed E-state index contributed by atoms with van der Waals surface area (Å²) < 4.78 is 28.6. The topological polar surface area (TPSA) is 81.1 Å². The second-order valence-electron chi connectivity index (χ2n) is 5.35. The molecule has 0 saturated carbocycles. The Kier molecular flexibility index (Phi) is 4.73. The van der Waals surface area contributed by atoms with Crippen molar-refractivity contribution in [1.29, 1.82) is 0 Å². The Hall–Kier alpha value is -2.51. The van der Waals surface area contributed by atoms with E-state index in [4.69, 9.17) is 0 Å². The normalized spacial score (nSPS) is 11.7. The summed E-state index contributed by atoms with van der Waals surface area (Å²) in [7, 11) is -3.57. The molecule has 0 saturated heterocycles. The van der Waals surface area contributed by atoms with E-state index in [1.54, 1.807) is 24.3 Å². The SMILES string of the molecule is O=c1cccnn1CCCNS(=O)(=O)c1ccc2ccccc2c1. The number of nitrogens with zero attached hydrogens (tertiary/aromatic N) is 2. The molecule has 0 atom stereocenters. The zero-order chi connectivity index (χ0) is 17.0. The van der Waals surface area contributed by atoms with Gasteiger partial charge in [-0.15, -0.1) is 0 Å². The third-order valence-electron chi connectivity index (χ3n) is 3.66. The molecule has 0 fully saturated rings. The van der Waals surface area contributed by atoms with E-state index in [0.29, 0.717) is 13.0 Å². The highest BCUT2D eigenvalue weighted by molar-refractivity contribution is 7.89. The average Bonchev–Trinajstić information content (AvgIpc) is 2.59. The Morgan fingerprint density at radius 3 is 2.58 bits per heavy atom. The van der Waals surface area contributed by atoms with Gasteiger partial charge in [-0.3, -0.25) is 4.79 Å². The maximum atomic E-state index is 12.4. The summed E-state index contributed by atoms with van der Waals surface area (Å²) in [5.74, 6) is 0. The Bertz CT molecular complexity index is 1010. The maximum Gasteiger partial charge on any atom is 0.266 e. The number of nitrogens with one attached hydrogen (secondary N) is 1. The molecule has 3 rings (SSSR count). The van der Waals surface area contributed by atoms with Gasteiger partial charge in [-0.25, -0.2) is 17.8 Å². The number of benzene rings is 2. The molecule has 124 valence electrons. The second-order valence-corrected chi connectivity index (χ2v) is 7.11. The van der Waals surface area contributed by atoms with E-state index in [0.717, 1.165) is 10.8 Å².